The van der Waals surface area contributed by atoms with E-state index >= 15 is 0 Å². The molecule has 4 atom stereocenters. The van der Waals surface area contributed by atoms with Gasteiger partial charge in [0.05, 0.1) is 25.1 Å². The van der Waals surface area contributed by atoms with Crippen LogP contribution >= 0.6 is 29.5 Å². The second-order valence-electron chi connectivity index (χ2n) is 9.69. The molecule has 1 rings (SSSR count). The van der Waals surface area contributed by atoms with Gasteiger partial charge in [-0.05, 0) is 0 Å². The van der Waals surface area contributed by atoms with Gasteiger partial charge < -0.3 is 19.6 Å². The molecule has 1 aliphatic heterocycles. The van der Waals surface area contributed by atoms with Crippen molar-refractivity contribution in [2.75, 3.05) is 102 Å². The van der Waals surface area contributed by atoms with Crippen LogP contribution in [0, 0.1) is 0 Å². The largest absolute Gasteiger partial charge is 0.343 e. The Kier molecular flexibility index (Phi) is 14.8. The van der Waals surface area contributed by atoms with Crippen LogP contribution in [0.25, 0.3) is 0 Å². The summed E-state index contributed by atoms with van der Waals surface area (Å²) >= 11 is 0. The van der Waals surface area contributed by atoms with Gasteiger partial charge in [-0.3, -0.25) is 37.9 Å². The summed E-state index contributed by atoms with van der Waals surface area (Å²) in [6, 6.07) is 0. The van der Waals surface area contributed by atoms with E-state index in [4.69, 9.17) is 0 Å². The van der Waals surface area contributed by atoms with Crippen LogP contribution in [0.15, 0.2) is 0 Å². The molecule has 1 saturated heterocycles. The van der Waals surface area contributed by atoms with Gasteiger partial charge in [-0.15, -0.1) is 0 Å². The quantitative estimate of drug-likeness (QED) is 0.244. The minimum atomic E-state index is -3.38. The van der Waals surface area contributed by atoms with Crippen molar-refractivity contribution >= 4 is 29.5 Å². The van der Waals surface area contributed by atoms with E-state index in [1.165, 1.54) is 0 Å². The number of rotatable bonds is 12. The van der Waals surface area contributed by atoms with E-state index in [-0.39, 0.29) is 49.8 Å². The van der Waals surface area contributed by atoms with E-state index in [2.05, 4.69) is 0 Å². The van der Waals surface area contributed by atoms with E-state index < -0.39 is 29.5 Å². The van der Waals surface area contributed by atoms with Crippen LogP contribution in [0.2, 0.25) is 0 Å². The van der Waals surface area contributed by atoms with Crippen LogP contribution in [-0.2, 0) is 18.3 Å². The fourth-order valence-corrected chi connectivity index (χ4v) is 8.23. The predicted octanol–water partition coefficient (Wildman–Crippen LogP) is 2.20. The lowest BCUT2D eigenvalue weighted by atomic mass is 10.4. The summed E-state index contributed by atoms with van der Waals surface area (Å²) in [5, 5.41) is 0. The van der Waals surface area contributed by atoms with Crippen LogP contribution in [0.4, 0.5) is 0 Å². The number of hydrogen-bond acceptors (Lipinski definition) is 8. The topological polar surface area (TPSA) is 162 Å². The Hall–Kier alpha value is 0.600. The lowest BCUT2D eigenvalue weighted by Gasteiger charge is -2.35. The molecule has 1 fully saturated rings. The Balaban J connectivity index is 3.21. The predicted molar refractivity (Wildman–Crippen MR) is 147 cm³/mol. The smallest absolute Gasteiger partial charge is 0.213 e. The summed E-state index contributed by atoms with van der Waals surface area (Å²) in [6.07, 6.45) is 0.462. The molecule has 0 saturated carbocycles. The SMILES string of the molecule is CCP(=O)(O)CN1CCN(CP(=O)(O)CC)CCN(CP(=O)(O)CC)CCN(CP(=O)(O)CC)CC1. The molecule has 0 aromatic rings. The third kappa shape index (κ3) is 14.1. The second kappa shape index (κ2) is 15.4. The van der Waals surface area contributed by atoms with Gasteiger partial charge in [0.1, 0.15) is 0 Å². The number of hydrogen-bond donors (Lipinski definition) is 4. The van der Waals surface area contributed by atoms with Crippen LogP contribution in [-0.4, -0.2) is 141 Å². The summed E-state index contributed by atoms with van der Waals surface area (Å²) < 4.78 is 50.0. The Morgan fingerprint density at radius 1 is 0.417 bits per heavy atom. The molecule has 216 valence electrons. The molecule has 0 amide bonds. The maximum Gasteiger partial charge on any atom is 0.213 e. The summed E-state index contributed by atoms with van der Waals surface area (Å²) in [5.41, 5.74) is 0. The molecule has 4 unspecified atom stereocenters. The van der Waals surface area contributed by atoms with Gasteiger partial charge in [0.15, 0.2) is 0 Å². The van der Waals surface area contributed by atoms with Crippen LogP contribution in [0.3, 0.4) is 0 Å². The van der Waals surface area contributed by atoms with Crippen LogP contribution in [0.5, 0.6) is 0 Å². The van der Waals surface area contributed by atoms with E-state index in [0.29, 0.717) is 52.4 Å². The minimum absolute atomic E-state index is 0.0172. The number of nitrogens with zero attached hydrogens (tertiary/aromatic N) is 4. The van der Waals surface area contributed by atoms with Crippen molar-refractivity contribution in [3.8, 4) is 0 Å². The molecular formula is C20H48N4O8P4. The van der Waals surface area contributed by atoms with E-state index in [1.54, 1.807) is 27.7 Å². The third-order valence-corrected chi connectivity index (χ3v) is 13.9. The van der Waals surface area contributed by atoms with Crippen molar-refractivity contribution in [1.82, 2.24) is 19.6 Å². The molecule has 0 aromatic heterocycles. The molecule has 0 spiro atoms. The fourth-order valence-electron chi connectivity index (χ4n) is 3.79. The monoisotopic (exact) mass is 596 g/mol. The Morgan fingerprint density at radius 2 is 0.556 bits per heavy atom. The lowest BCUT2D eigenvalue weighted by molar-refractivity contribution is 0.159. The van der Waals surface area contributed by atoms with E-state index in [9.17, 15) is 37.8 Å². The zero-order valence-corrected chi connectivity index (χ0v) is 25.9. The van der Waals surface area contributed by atoms with Crippen LogP contribution in [0.1, 0.15) is 27.7 Å². The first kappa shape index (κ1) is 34.6. The summed E-state index contributed by atoms with van der Waals surface area (Å²) in [7, 11) is -13.5. The van der Waals surface area contributed by atoms with Crippen molar-refractivity contribution < 1.29 is 37.8 Å². The first-order valence-electron chi connectivity index (χ1n) is 12.7. The van der Waals surface area contributed by atoms with Gasteiger partial charge in [-0.1, -0.05) is 27.7 Å². The molecule has 1 heterocycles. The average Bonchev–Trinajstić information content (AvgIpc) is 2.80. The first-order chi connectivity index (χ1) is 16.6. The lowest BCUT2D eigenvalue weighted by Crippen LogP contribution is -2.46. The maximum absolute atomic E-state index is 12.5. The molecule has 16 heteroatoms. The molecule has 0 bridgehead atoms. The zero-order chi connectivity index (χ0) is 27.6. The molecule has 36 heavy (non-hydrogen) atoms. The summed E-state index contributed by atoms with van der Waals surface area (Å²) in [4.78, 5) is 48.5. The van der Waals surface area contributed by atoms with E-state index in [0.717, 1.165) is 0 Å². The van der Waals surface area contributed by atoms with Crippen molar-refractivity contribution in [1.29, 1.82) is 0 Å². The normalized spacial score (nSPS) is 25.6. The van der Waals surface area contributed by atoms with Gasteiger partial charge in [-0.2, -0.15) is 0 Å². The van der Waals surface area contributed by atoms with Crippen molar-refractivity contribution in [3.63, 3.8) is 0 Å². The molecule has 4 N–H and O–H groups in total. The highest BCUT2D eigenvalue weighted by Gasteiger charge is 2.28. The van der Waals surface area contributed by atoms with Crippen molar-refractivity contribution in [2.45, 2.75) is 27.7 Å². The first-order valence-corrected chi connectivity index (χ1v) is 20.8. The van der Waals surface area contributed by atoms with Gasteiger partial charge >= 0.3 is 0 Å². The molecule has 0 radical (unpaired) electrons. The molecule has 0 aromatic carbocycles. The minimum Gasteiger partial charge on any atom is -0.343 e. The van der Waals surface area contributed by atoms with Gasteiger partial charge in [-0.25, -0.2) is 0 Å². The summed E-state index contributed by atoms with van der Waals surface area (Å²) in [5.74, 6) is 0. The molecular weight excluding hydrogens is 548 g/mol. The highest BCUT2D eigenvalue weighted by molar-refractivity contribution is 7.58. The Morgan fingerprint density at radius 3 is 0.667 bits per heavy atom. The Labute approximate surface area is 216 Å². The zero-order valence-electron chi connectivity index (χ0n) is 22.3. The summed E-state index contributed by atoms with van der Waals surface area (Å²) in [6.45, 7) is 9.75. The van der Waals surface area contributed by atoms with Gasteiger partial charge in [0.2, 0.25) is 29.5 Å². The van der Waals surface area contributed by atoms with Crippen molar-refractivity contribution in [2.24, 2.45) is 0 Å². The molecule has 1 aliphatic rings. The van der Waals surface area contributed by atoms with E-state index in [1.807, 2.05) is 19.6 Å². The maximum atomic E-state index is 12.5. The third-order valence-electron chi connectivity index (χ3n) is 6.59. The van der Waals surface area contributed by atoms with Gasteiger partial charge in [0.25, 0.3) is 0 Å². The Bertz CT molecular complexity index is 712. The highest BCUT2D eigenvalue weighted by Crippen LogP contribution is 2.43. The average molecular weight is 597 g/mol. The second-order valence-corrected chi connectivity index (χ2v) is 20.1. The van der Waals surface area contributed by atoms with Crippen LogP contribution < -0.4 is 0 Å². The van der Waals surface area contributed by atoms with Crippen molar-refractivity contribution in [3.05, 3.63) is 0 Å². The van der Waals surface area contributed by atoms with Gasteiger partial charge in [0, 0.05) is 77.0 Å². The highest BCUT2D eigenvalue weighted by atomic mass is 31.2. The fraction of sp³-hybridized carbons (Fsp3) is 1.00. The molecule has 12 nitrogen and oxygen atoms in total. The standard InChI is InChI=1S/C20H48N4O8P4/c1-5-33(25,26)17-21-9-11-22(18-34(27,28)6-2)13-15-24(20-36(31,32)8-4)16-14-23(12-10-21)19-35(29,30)7-3/h5-20H2,1-4H3,(H,25,26)(H,27,28)(H,29,30)(H,31,32). The molecule has 0 aliphatic carbocycles.